The van der Waals surface area contributed by atoms with Gasteiger partial charge in [-0.2, -0.15) is 0 Å². The highest BCUT2D eigenvalue weighted by atomic mass is 15.2. The molecule has 2 nitrogen and oxygen atoms in total. The van der Waals surface area contributed by atoms with Gasteiger partial charge in [-0.05, 0) is 44.7 Å². The van der Waals surface area contributed by atoms with Crippen LogP contribution in [0.1, 0.15) is 26.2 Å². The number of hydrogen-bond acceptors (Lipinski definition) is 2. The van der Waals surface area contributed by atoms with Crippen LogP contribution in [0.15, 0.2) is 0 Å². The van der Waals surface area contributed by atoms with Crippen LogP contribution in [0.25, 0.3) is 0 Å². The summed E-state index contributed by atoms with van der Waals surface area (Å²) in [7, 11) is 2.07. The fourth-order valence-electron chi connectivity index (χ4n) is 2.90. The summed E-state index contributed by atoms with van der Waals surface area (Å²) in [6.45, 7) is 6.30. The molecule has 2 atom stereocenters. The van der Waals surface area contributed by atoms with Crippen molar-refractivity contribution >= 4 is 0 Å². The second-order valence-corrected chi connectivity index (χ2v) is 4.95. The van der Waals surface area contributed by atoms with Crippen LogP contribution in [-0.2, 0) is 0 Å². The smallest absolute Gasteiger partial charge is 0.00987 e. The number of rotatable bonds is 3. The summed E-state index contributed by atoms with van der Waals surface area (Å²) < 4.78 is 0. The van der Waals surface area contributed by atoms with Crippen molar-refractivity contribution in [1.82, 2.24) is 10.2 Å². The molecule has 0 bridgehead atoms. The van der Waals surface area contributed by atoms with Crippen LogP contribution in [0.2, 0.25) is 0 Å². The topological polar surface area (TPSA) is 15.3 Å². The Balaban J connectivity index is 1.72. The zero-order valence-electron chi connectivity index (χ0n) is 8.92. The van der Waals surface area contributed by atoms with E-state index in [-0.39, 0.29) is 0 Å². The van der Waals surface area contributed by atoms with Crippen molar-refractivity contribution in [3.05, 3.63) is 0 Å². The summed E-state index contributed by atoms with van der Waals surface area (Å²) in [5.74, 6) is 1.91. The minimum Gasteiger partial charge on any atom is -0.319 e. The second kappa shape index (κ2) is 3.97. The van der Waals surface area contributed by atoms with Gasteiger partial charge in [0.2, 0.25) is 0 Å². The first-order chi connectivity index (χ1) is 6.29. The summed E-state index contributed by atoms with van der Waals surface area (Å²) in [5.41, 5.74) is 0. The predicted octanol–water partition coefficient (Wildman–Crippen LogP) is 1.33. The standard InChI is InChI=1S/C11H22N2/c1-9-7-13(8-9)11-4-3-10(5-11)6-12-2/h9-12H,3-8H2,1-2H3. The monoisotopic (exact) mass is 182 g/mol. The Bertz CT molecular complexity index is 163. The van der Waals surface area contributed by atoms with E-state index in [9.17, 15) is 0 Å². The van der Waals surface area contributed by atoms with E-state index >= 15 is 0 Å². The maximum atomic E-state index is 3.30. The van der Waals surface area contributed by atoms with Crippen molar-refractivity contribution in [3.63, 3.8) is 0 Å². The van der Waals surface area contributed by atoms with Gasteiger partial charge in [-0.15, -0.1) is 0 Å². The second-order valence-electron chi connectivity index (χ2n) is 4.95. The van der Waals surface area contributed by atoms with Crippen LogP contribution < -0.4 is 5.32 Å². The highest BCUT2D eigenvalue weighted by molar-refractivity contribution is 4.89. The van der Waals surface area contributed by atoms with Crippen LogP contribution in [0, 0.1) is 11.8 Å². The van der Waals surface area contributed by atoms with Crippen LogP contribution in [0.4, 0.5) is 0 Å². The Labute approximate surface area is 81.7 Å². The van der Waals surface area contributed by atoms with Crippen LogP contribution in [0.5, 0.6) is 0 Å². The first-order valence-corrected chi connectivity index (χ1v) is 5.68. The third kappa shape index (κ3) is 2.05. The minimum atomic E-state index is 0.926. The van der Waals surface area contributed by atoms with E-state index in [1.165, 1.54) is 38.9 Å². The van der Waals surface area contributed by atoms with Crippen LogP contribution in [-0.4, -0.2) is 37.6 Å². The molecule has 2 unspecified atom stereocenters. The van der Waals surface area contributed by atoms with Gasteiger partial charge in [0.05, 0.1) is 0 Å². The van der Waals surface area contributed by atoms with Crippen molar-refractivity contribution in [2.24, 2.45) is 11.8 Å². The molecule has 0 spiro atoms. The van der Waals surface area contributed by atoms with E-state index < -0.39 is 0 Å². The maximum Gasteiger partial charge on any atom is 0.00987 e. The average Bonchev–Trinajstić information content (AvgIpc) is 2.48. The first kappa shape index (κ1) is 9.47. The lowest BCUT2D eigenvalue weighted by Gasteiger charge is -2.41. The Morgan fingerprint density at radius 2 is 2.08 bits per heavy atom. The molecule has 0 radical (unpaired) electrons. The molecule has 1 N–H and O–H groups in total. The Morgan fingerprint density at radius 1 is 1.31 bits per heavy atom. The molecule has 0 aromatic heterocycles. The molecule has 2 heteroatoms. The average molecular weight is 182 g/mol. The SMILES string of the molecule is CNCC1CCC(N2CC(C)C2)C1. The largest absolute Gasteiger partial charge is 0.319 e. The van der Waals surface area contributed by atoms with E-state index in [1.807, 2.05) is 0 Å². The van der Waals surface area contributed by atoms with E-state index in [1.54, 1.807) is 0 Å². The lowest BCUT2D eigenvalue weighted by molar-refractivity contribution is 0.0633. The Morgan fingerprint density at radius 3 is 2.69 bits per heavy atom. The normalized spacial score (nSPS) is 36.5. The van der Waals surface area contributed by atoms with Crippen molar-refractivity contribution in [2.75, 3.05) is 26.7 Å². The molecule has 13 heavy (non-hydrogen) atoms. The van der Waals surface area contributed by atoms with E-state index in [0.29, 0.717) is 0 Å². The van der Waals surface area contributed by atoms with Crippen molar-refractivity contribution in [1.29, 1.82) is 0 Å². The minimum absolute atomic E-state index is 0.926. The summed E-state index contributed by atoms with van der Waals surface area (Å²) in [6, 6.07) is 0.926. The van der Waals surface area contributed by atoms with E-state index in [0.717, 1.165) is 17.9 Å². The van der Waals surface area contributed by atoms with E-state index in [4.69, 9.17) is 0 Å². The molecule has 76 valence electrons. The fourth-order valence-corrected chi connectivity index (χ4v) is 2.90. The lowest BCUT2D eigenvalue weighted by atomic mass is 9.98. The van der Waals surface area contributed by atoms with Crippen molar-refractivity contribution in [3.8, 4) is 0 Å². The first-order valence-electron chi connectivity index (χ1n) is 5.68. The summed E-state index contributed by atoms with van der Waals surface area (Å²) in [6.07, 6.45) is 4.32. The zero-order chi connectivity index (χ0) is 9.26. The number of hydrogen-bond donors (Lipinski definition) is 1. The molecule has 1 heterocycles. The summed E-state index contributed by atoms with van der Waals surface area (Å²) in [5, 5.41) is 3.30. The molecule has 1 saturated carbocycles. The summed E-state index contributed by atoms with van der Waals surface area (Å²) in [4.78, 5) is 2.68. The predicted molar refractivity (Wildman–Crippen MR) is 55.8 cm³/mol. The molecule has 1 aliphatic heterocycles. The van der Waals surface area contributed by atoms with Gasteiger partial charge in [-0.3, -0.25) is 4.90 Å². The Hall–Kier alpha value is -0.0800. The van der Waals surface area contributed by atoms with Gasteiger partial charge in [0, 0.05) is 19.1 Å². The van der Waals surface area contributed by atoms with Gasteiger partial charge in [0.25, 0.3) is 0 Å². The molecule has 0 aromatic rings. The molecular formula is C11H22N2. The van der Waals surface area contributed by atoms with E-state index in [2.05, 4.69) is 24.2 Å². The van der Waals surface area contributed by atoms with Gasteiger partial charge < -0.3 is 5.32 Å². The Kier molecular flexibility index (Phi) is 2.89. The van der Waals surface area contributed by atoms with Gasteiger partial charge in [-0.1, -0.05) is 6.92 Å². The third-order valence-corrected chi connectivity index (χ3v) is 3.62. The molecular weight excluding hydrogens is 160 g/mol. The lowest BCUT2D eigenvalue weighted by Crippen LogP contribution is -2.50. The van der Waals surface area contributed by atoms with Crippen LogP contribution in [0.3, 0.4) is 0 Å². The highest BCUT2D eigenvalue weighted by Crippen LogP contribution is 2.32. The molecule has 2 rings (SSSR count). The van der Waals surface area contributed by atoms with Crippen molar-refractivity contribution < 1.29 is 0 Å². The number of nitrogens with zero attached hydrogens (tertiary/aromatic N) is 1. The fraction of sp³-hybridized carbons (Fsp3) is 1.00. The molecule has 0 amide bonds. The molecule has 1 saturated heterocycles. The number of nitrogens with one attached hydrogen (secondary N) is 1. The number of likely N-dealkylation sites (tertiary alicyclic amines) is 1. The quantitative estimate of drug-likeness (QED) is 0.708. The summed E-state index contributed by atoms with van der Waals surface area (Å²) >= 11 is 0. The van der Waals surface area contributed by atoms with Gasteiger partial charge >= 0.3 is 0 Å². The van der Waals surface area contributed by atoms with Gasteiger partial charge in [0.1, 0.15) is 0 Å². The van der Waals surface area contributed by atoms with Crippen LogP contribution >= 0.6 is 0 Å². The molecule has 1 aliphatic carbocycles. The molecule has 2 fully saturated rings. The molecule has 0 aromatic carbocycles. The third-order valence-electron chi connectivity index (χ3n) is 3.62. The van der Waals surface area contributed by atoms with Gasteiger partial charge in [-0.25, -0.2) is 0 Å². The zero-order valence-corrected chi connectivity index (χ0v) is 8.92. The molecule has 2 aliphatic rings. The maximum absolute atomic E-state index is 3.30. The highest BCUT2D eigenvalue weighted by Gasteiger charge is 2.34. The van der Waals surface area contributed by atoms with Gasteiger partial charge in [0.15, 0.2) is 0 Å². The van der Waals surface area contributed by atoms with Crippen molar-refractivity contribution in [2.45, 2.75) is 32.2 Å².